The number of carbonyl (C=O) groups excluding carboxylic acids is 1. The third-order valence-electron chi connectivity index (χ3n) is 4.43. The molecular weight excluding hydrogens is 438 g/mol. The Labute approximate surface area is 175 Å². The van der Waals surface area contributed by atoms with Gasteiger partial charge in [0.25, 0.3) is 0 Å². The van der Waals surface area contributed by atoms with Crippen LogP contribution in [0.1, 0.15) is 12.8 Å². The predicted molar refractivity (Wildman–Crippen MR) is 112 cm³/mol. The number of nitrogens with zero attached hydrogens (tertiary/aromatic N) is 2. The summed E-state index contributed by atoms with van der Waals surface area (Å²) >= 11 is 8.75. The first-order valence-corrected chi connectivity index (χ1v) is 12.1. The maximum atomic E-state index is 13.0. The van der Waals surface area contributed by atoms with E-state index in [1.54, 1.807) is 11.3 Å². The van der Waals surface area contributed by atoms with Gasteiger partial charge in [0.05, 0.1) is 15.5 Å². The minimum atomic E-state index is -3.77. The van der Waals surface area contributed by atoms with Gasteiger partial charge in [-0.2, -0.15) is 4.31 Å². The molecule has 1 aliphatic rings. The molecule has 4 rings (SSSR count). The summed E-state index contributed by atoms with van der Waals surface area (Å²) in [5, 5.41) is 7.53. The van der Waals surface area contributed by atoms with Crippen molar-refractivity contribution in [3.05, 3.63) is 52.2 Å². The summed E-state index contributed by atoms with van der Waals surface area (Å²) in [5.74, 6) is -0.359. The van der Waals surface area contributed by atoms with Gasteiger partial charge in [-0.25, -0.2) is 13.4 Å². The van der Waals surface area contributed by atoms with Gasteiger partial charge in [0.15, 0.2) is 5.13 Å². The number of hydrogen-bond acceptors (Lipinski definition) is 6. The number of benzene rings is 1. The zero-order chi connectivity index (χ0) is 19.7. The molecule has 1 amide bonds. The monoisotopic (exact) mass is 453 g/mol. The lowest BCUT2D eigenvalue weighted by molar-refractivity contribution is -0.119. The fraction of sp³-hybridized carbons (Fsp3) is 0.222. The molecule has 2 aromatic heterocycles. The number of nitrogens with one attached hydrogen (secondary N) is 1. The second-order valence-electron chi connectivity index (χ2n) is 6.23. The number of thiophene rings is 1. The van der Waals surface area contributed by atoms with Crippen molar-refractivity contribution in [2.75, 3.05) is 11.9 Å². The van der Waals surface area contributed by atoms with Crippen LogP contribution in [0.5, 0.6) is 0 Å². The molecule has 1 aromatic carbocycles. The van der Waals surface area contributed by atoms with Crippen molar-refractivity contribution in [1.82, 2.24) is 9.29 Å². The van der Waals surface area contributed by atoms with E-state index in [1.165, 1.54) is 39.9 Å². The van der Waals surface area contributed by atoms with Gasteiger partial charge in [-0.1, -0.05) is 17.7 Å². The molecule has 0 spiro atoms. The van der Waals surface area contributed by atoms with Crippen LogP contribution < -0.4 is 5.32 Å². The van der Waals surface area contributed by atoms with Crippen molar-refractivity contribution in [1.29, 1.82) is 0 Å². The van der Waals surface area contributed by atoms with Crippen LogP contribution in [0.2, 0.25) is 5.02 Å². The van der Waals surface area contributed by atoms with E-state index in [2.05, 4.69) is 10.3 Å². The van der Waals surface area contributed by atoms with Crippen molar-refractivity contribution in [2.24, 2.45) is 0 Å². The third kappa shape index (κ3) is 3.85. The van der Waals surface area contributed by atoms with Gasteiger partial charge >= 0.3 is 0 Å². The van der Waals surface area contributed by atoms with Crippen LogP contribution in [-0.4, -0.2) is 36.2 Å². The molecule has 1 aliphatic heterocycles. The van der Waals surface area contributed by atoms with Gasteiger partial charge in [0.2, 0.25) is 15.9 Å². The Morgan fingerprint density at radius 1 is 1.21 bits per heavy atom. The molecule has 1 saturated heterocycles. The molecule has 6 nitrogen and oxygen atoms in total. The van der Waals surface area contributed by atoms with Crippen molar-refractivity contribution in [2.45, 2.75) is 23.8 Å². The molecule has 3 heterocycles. The first-order chi connectivity index (χ1) is 13.4. The molecule has 0 saturated carbocycles. The molecule has 0 radical (unpaired) electrons. The van der Waals surface area contributed by atoms with Crippen LogP contribution >= 0.6 is 34.3 Å². The summed E-state index contributed by atoms with van der Waals surface area (Å²) in [5.41, 5.74) is 0.798. The second kappa shape index (κ2) is 7.92. The Morgan fingerprint density at radius 3 is 2.71 bits per heavy atom. The van der Waals surface area contributed by atoms with Crippen molar-refractivity contribution < 1.29 is 13.2 Å². The molecule has 1 unspecified atom stereocenters. The smallest absolute Gasteiger partial charge is 0.244 e. The SMILES string of the molecule is O=C(Nc1nc(-c2cccs2)cs1)C1CCCN1S(=O)(=O)c1ccc(Cl)cc1. The first-order valence-electron chi connectivity index (χ1n) is 8.53. The minimum absolute atomic E-state index is 0.130. The number of halogens is 1. The van der Waals surface area contributed by atoms with Crippen LogP contribution in [0.15, 0.2) is 52.1 Å². The summed E-state index contributed by atoms with van der Waals surface area (Å²) in [6.45, 7) is 0.307. The van der Waals surface area contributed by atoms with Gasteiger partial charge in [-0.15, -0.1) is 22.7 Å². The highest BCUT2D eigenvalue weighted by Crippen LogP contribution is 2.30. The van der Waals surface area contributed by atoms with Crippen LogP contribution in [0.4, 0.5) is 5.13 Å². The molecular formula is C18H16ClN3O3S3. The van der Waals surface area contributed by atoms with Gasteiger partial charge < -0.3 is 5.32 Å². The number of anilines is 1. The Balaban J connectivity index is 1.51. The average Bonchev–Trinajstić information content (AvgIpc) is 3.42. The lowest BCUT2D eigenvalue weighted by atomic mass is 10.2. The van der Waals surface area contributed by atoms with E-state index >= 15 is 0 Å². The second-order valence-corrected chi connectivity index (χ2v) is 10.4. The summed E-state index contributed by atoms with van der Waals surface area (Å²) in [7, 11) is -3.77. The number of hydrogen-bond donors (Lipinski definition) is 1. The van der Waals surface area contributed by atoms with Gasteiger partial charge in [0.1, 0.15) is 6.04 Å². The number of carbonyl (C=O) groups is 1. The Bertz CT molecular complexity index is 1080. The highest BCUT2D eigenvalue weighted by atomic mass is 35.5. The lowest BCUT2D eigenvalue weighted by Gasteiger charge is -2.23. The number of aromatic nitrogens is 1. The maximum Gasteiger partial charge on any atom is 0.244 e. The average molecular weight is 454 g/mol. The lowest BCUT2D eigenvalue weighted by Crippen LogP contribution is -2.43. The number of amides is 1. The normalized spacial score (nSPS) is 17.7. The quantitative estimate of drug-likeness (QED) is 0.624. The zero-order valence-electron chi connectivity index (χ0n) is 14.5. The van der Waals surface area contributed by atoms with Crippen LogP contribution in [0.25, 0.3) is 10.6 Å². The van der Waals surface area contributed by atoms with E-state index in [-0.39, 0.29) is 10.8 Å². The number of sulfonamides is 1. The molecule has 1 atom stereocenters. The van der Waals surface area contributed by atoms with Gasteiger partial charge in [-0.05, 0) is 48.6 Å². The molecule has 1 N–H and O–H groups in total. The summed E-state index contributed by atoms with van der Waals surface area (Å²) in [6, 6.07) is 9.12. The predicted octanol–water partition coefficient (Wildman–Crippen LogP) is 4.32. The molecule has 0 bridgehead atoms. The molecule has 10 heteroatoms. The van der Waals surface area contributed by atoms with Crippen molar-refractivity contribution in [3.8, 4) is 10.6 Å². The van der Waals surface area contributed by atoms with Gasteiger partial charge in [-0.3, -0.25) is 4.79 Å². The largest absolute Gasteiger partial charge is 0.301 e. The van der Waals surface area contributed by atoms with Crippen molar-refractivity contribution >= 4 is 55.3 Å². The fourth-order valence-corrected chi connectivity index (χ4v) is 6.35. The van der Waals surface area contributed by atoms with Crippen molar-refractivity contribution in [3.63, 3.8) is 0 Å². The maximum absolute atomic E-state index is 13.0. The van der Waals surface area contributed by atoms with E-state index in [4.69, 9.17) is 11.6 Å². The number of rotatable bonds is 5. The first kappa shape index (κ1) is 19.5. The minimum Gasteiger partial charge on any atom is -0.301 e. The van der Waals surface area contributed by atoms with E-state index < -0.39 is 16.1 Å². The Kier molecular flexibility index (Phi) is 5.52. The summed E-state index contributed by atoms with van der Waals surface area (Å²) in [6.07, 6.45) is 1.10. The fourth-order valence-electron chi connectivity index (χ4n) is 3.09. The van der Waals surface area contributed by atoms with Crippen LogP contribution in [-0.2, 0) is 14.8 Å². The van der Waals surface area contributed by atoms with E-state index in [0.717, 1.165) is 10.6 Å². The van der Waals surface area contributed by atoms with E-state index in [9.17, 15) is 13.2 Å². The standard InChI is InChI=1S/C18H16ClN3O3S3/c19-12-5-7-13(8-6-12)28(24,25)22-9-1-3-15(22)17(23)21-18-20-14(11-27-18)16-4-2-10-26-16/h2,4-8,10-11,15H,1,3,9H2,(H,20,21,23). The third-order valence-corrected chi connectivity index (χ3v) is 8.26. The zero-order valence-corrected chi connectivity index (χ0v) is 17.7. The van der Waals surface area contributed by atoms with E-state index in [0.29, 0.717) is 29.5 Å². The highest BCUT2D eigenvalue weighted by Gasteiger charge is 2.39. The molecule has 28 heavy (non-hydrogen) atoms. The topological polar surface area (TPSA) is 79.4 Å². The Hall–Kier alpha value is -1.78. The van der Waals surface area contributed by atoms with Crippen LogP contribution in [0, 0.1) is 0 Å². The summed E-state index contributed by atoms with van der Waals surface area (Å²) in [4.78, 5) is 18.4. The van der Waals surface area contributed by atoms with Gasteiger partial charge in [0, 0.05) is 16.9 Å². The van der Waals surface area contributed by atoms with E-state index in [1.807, 2.05) is 22.9 Å². The summed E-state index contributed by atoms with van der Waals surface area (Å²) < 4.78 is 27.2. The molecule has 146 valence electrons. The molecule has 3 aromatic rings. The number of thiazole rings is 1. The molecule has 0 aliphatic carbocycles. The highest BCUT2D eigenvalue weighted by molar-refractivity contribution is 7.89. The Morgan fingerprint density at radius 2 is 2.00 bits per heavy atom. The molecule has 1 fully saturated rings. The van der Waals surface area contributed by atoms with Crippen LogP contribution in [0.3, 0.4) is 0 Å².